The molecule has 0 radical (unpaired) electrons. The van der Waals surface area contributed by atoms with Gasteiger partial charge in [-0.05, 0) is 99.7 Å². The van der Waals surface area contributed by atoms with Crippen molar-refractivity contribution in [2.24, 2.45) is 0 Å². The van der Waals surface area contributed by atoms with E-state index in [4.69, 9.17) is 8.83 Å². The van der Waals surface area contributed by atoms with Gasteiger partial charge in [0.15, 0.2) is 11.2 Å². The summed E-state index contributed by atoms with van der Waals surface area (Å²) in [5, 5.41) is 9.49. The van der Waals surface area contributed by atoms with Crippen LogP contribution in [0.1, 0.15) is 0 Å². The molecule has 15 aromatic rings. The molecule has 0 saturated heterocycles. The fraction of sp³-hybridized carbons (Fsp3) is 0. The van der Waals surface area contributed by atoms with Gasteiger partial charge < -0.3 is 27.6 Å². The van der Waals surface area contributed by atoms with E-state index in [0.29, 0.717) is 0 Å². The SMILES string of the molecule is c1ccc(N2c3cc4c(cc3B3c5c(cc6c(oc7ccccc76)c52)-c2cccc5c6ccccc6n3c25)B2c3c(cc5c(oc6ccccc65)c3N4c3ccccc3)-c3cccc4c5ccccc5n2c34)cc1. The fourth-order valence-corrected chi connectivity index (χ4v) is 14.4. The average Bonchev–Trinajstić information content (AvgIpc) is 4.36. The molecule has 0 saturated carbocycles. The Hall–Kier alpha value is -9.65. The normalized spacial score (nSPS) is 13.8. The number of nitrogens with zero attached hydrogens (tertiary/aromatic N) is 4. The van der Waals surface area contributed by atoms with E-state index < -0.39 is 0 Å². The number of furan rings is 2. The van der Waals surface area contributed by atoms with Gasteiger partial charge in [-0.15, -0.1) is 0 Å². The van der Waals surface area contributed by atoms with Crippen LogP contribution in [0.3, 0.4) is 0 Å². The van der Waals surface area contributed by atoms with Crippen LogP contribution >= 0.6 is 0 Å². The Morgan fingerprint density at radius 1 is 0.311 bits per heavy atom. The summed E-state index contributed by atoms with van der Waals surface area (Å²) in [5.41, 5.74) is 24.9. The molecule has 0 fully saturated rings. The highest BCUT2D eigenvalue weighted by molar-refractivity contribution is 6.93. The van der Waals surface area contributed by atoms with Crippen LogP contribution in [0.15, 0.2) is 227 Å². The minimum Gasteiger partial charge on any atom is -0.454 e. The molecule has 8 heteroatoms. The average molecular weight is 939 g/mol. The summed E-state index contributed by atoms with van der Waals surface area (Å²) < 4.78 is 19.8. The number of fused-ring (bicyclic) bond motifs is 22. The Labute approximate surface area is 423 Å². The number of rotatable bonds is 2. The molecule has 0 aliphatic carbocycles. The number of benzene rings is 11. The quantitative estimate of drug-likeness (QED) is 0.162. The lowest BCUT2D eigenvalue weighted by molar-refractivity contribution is 0.669. The van der Waals surface area contributed by atoms with Crippen molar-refractivity contribution >= 4 is 157 Å². The standard InChI is InChI=1S/C66H36B2N4O2/c1-3-17-37(18-4-1)69-55-36-56-52(35-51(55)67-59-47(33-49-41-23-9-13-31-57(41)73-65(49)63(59)69)45-27-15-25-43-39-21-7-11-29-53(39)71(67)61(43)45)68-60-48(46-28-16-26-44-40-22-8-12-30-54(40)72(68)62(44)46)34-50-42-24-10-14-32-58(42)74-66(50)64(60)70(56)38-19-5-2-6-20-38/h1-36H. The van der Waals surface area contributed by atoms with Crippen molar-refractivity contribution in [1.82, 2.24) is 8.96 Å². The van der Waals surface area contributed by atoms with E-state index in [1.54, 1.807) is 0 Å². The van der Waals surface area contributed by atoms with Gasteiger partial charge in [0.25, 0.3) is 0 Å². The third-order valence-electron chi connectivity index (χ3n) is 17.2. The lowest BCUT2D eigenvalue weighted by Gasteiger charge is -2.44. The second-order valence-electron chi connectivity index (χ2n) is 20.6. The highest BCUT2D eigenvalue weighted by Crippen LogP contribution is 2.53. The monoisotopic (exact) mass is 938 g/mol. The van der Waals surface area contributed by atoms with Crippen molar-refractivity contribution < 1.29 is 8.83 Å². The molecule has 0 N–H and O–H groups in total. The van der Waals surface area contributed by atoms with Gasteiger partial charge in [-0.1, -0.05) is 152 Å². The summed E-state index contributed by atoms with van der Waals surface area (Å²) in [7, 11) is 0. The summed E-state index contributed by atoms with van der Waals surface area (Å²) in [6.45, 7) is -0.423. The van der Waals surface area contributed by atoms with Gasteiger partial charge in [0.1, 0.15) is 11.2 Å². The van der Waals surface area contributed by atoms with E-state index in [1.165, 1.54) is 87.7 Å². The zero-order valence-corrected chi connectivity index (χ0v) is 39.5. The van der Waals surface area contributed by atoms with Crippen molar-refractivity contribution in [3.8, 4) is 22.3 Å². The second-order valence-corrected chi connectivity index (χ2v) is 20.6. The van der Waals surface area contributed by atoms with Gasteiger partial charge in [-0.25, -0.2) is 0 Å². The molecule has 0 bridgehead atoms. The molecule has 74 heavy (non-hydrogen) atoms. The highest BCUT2D eigenvalue weighted by atomic mass is 16.3. The molecule has 19 rings (SSSR count). The van der Waals surface area contributed by atoms with E-state index in [0.717, 1.165) is 78.0 Å². The molecule has 0 amide bonds. The van der Waals surface area contributed by atoms with Crippen molar-refractivity contribution in [3.63, 3.8) is 0 Å². The van der Waals surface area contributed by atoms with Crippen LogP contribution in [-0.4, -0.2) is 22.7 Å². The van der Waals surface area contributed by atoms with Crippen LogP contribution in [0, 0.1) is 0 Å². The Bertz CT molecular complexity index is 4750. The fourth-order valence-electron chi connectivity index (χ4n) is 14.4. The van der Waals surface area contributed by atoms with Crippen molar-refractivity contribution in [3.05, 3.63) is 218 Å². The molecular weight excluding hydrogens is 902 g/mol. The van der Waals surface area contributed by atoms with Crippen LogP contribution in [0.4, 0.5) is 34.1 Å². The zero-order chi connectivity index (χ0) is 47.7. The van der Waals surface area contributed by atoms with Gasteiger partial charge in [-0.3, -0.25) is 0 Å². The van der Waals surface area contributed by atoms with E-state index in [9.17, 15) is 0 Å². The predicted octanol–water partition coefficient (Wildman–Crippen LogP) is 14.5. The minimum atomic E-state index is -0.212. The summed E-state index contributed by atoms with van der Waals surface area (Å²) in [4.78, 5) is 5.05. The first-order valence-corrected chi connectivity index (χ1v) is 25.7. The smallest absolute Gasteiger partial charge is 0.333 e. The summed E-state index contributed by atoms with van der Waals surface area (Å²) in [5.74, 6) is 0. The van der Waals surface area contributed by atoms with Crippen molar-refractivity contribution in [2.45, 2.75) is 0 Å². The number of para-hydroxylation sites is 8. The third kappa shape index (κ3) is 4.42. The predicted molar refractivity (Wildman–Crippen MR) is 308 cm³/mol. The highest BCUT2D eigenvalue weighted by Gasteiger charge is 2.49. The van der Waals surface area contributed by atoms with Gasteiger partial charge in [0.05, 0.1) is 11.4 Å². The largest absolute Gasteiger partial charge is 0.454 e. The van der Waals surface area contributed by atoms with Crippen LogP contribution in [-0.2, 0) is 0 Å². The molecule has 8 heterocycles. The minimum absolute atomic E-state index is 0.212. The van der Waals surface area contributed by atoms with Crippen LogP contribution in [0.2, 0.25) is 0 Å². The van der Waals surface area contributed by atoms with Crippen molar-refractivity contribution in [2.75, 3.05) is 9.80 Å². The van der Waals surface area contributed by atoms with Crippen LogP contribution in [0.25, 0.3) is 110 Å². The molecule has 338 valence electrons. The van der Waals surface area contributed by atoms with Crippen LogP contribution in [0.5, 0.6) is 0 Å². The maximum Gasteiger partial charge on any atom is 0.333 e. The lowest BCUT2D eigenvalue weighted by Crippen LogP contribution is -2.61. The Morgan fingerprint density at radius 3 is 1.19 bits per heavy atom. The lowest BCUT2D eigenvalue weighted by atomic mass is 9.41. The molecular formula is C66H36B2N4O2. The summed E-state index contributed by atoms with van der Waals surface area (Å²) in [6.07, 6.45) is 0. The van der Waals surface area contributed by atoms with E-state index in [-0.39, 0.29) is 13.7 Å². The molecule has 11 aromatic carbocycles. The third-order valence-corrected chi connectivity index (χ3v) is 17.2. The van der Waals surface area contributed by atoms with E-state index in [2.05, 4.69) is 237 Å². The molecule has 0 atom stereocenters. The molecule has 4 aliphatic heterocycles. The van der Waals surface area contributed by atoms with Crippen LogP contribution < -0.4 is 31.7 Å². The number of hydrogen-bond donors (Lipinski definition) is 0. The molecule has 4 aromatic heterocycles. The Morgan fingerprint density at radius 2 is 0.716 bits per heavy atom. The first-order chi connectivity index (χ1) is 36.8. The molecule has 4 aliphatic rings. The number of hydrogen-bond acceptors (Lipinski definition) is 4. The Balaban J connectivity index is 1.04. The second kappa shape index (κ2) is 13.2. The summed E-state index contributed by atoms with van der Waals surface area (Å²) in [6, 6.07) is 80.8. The topological polar surface area (TPSA) is 42.6 Å². The molecule has 0 unspecified atom stereocenters. The first kappa shape index (κ1) is 38.1. The van der Waals surface area contributed by atoms with Gasteiger partial charge in [0.2, 0.25) is 0 Å². The van der Waals surface area contributed by atoms with Gasteiger partial charge >= 0.3 is 13.7 Å². The van der Waals surface area contributed by atoms with E-state index >= 15 is 0 Å². The van der Waals surface area contributed by atoms with Gasteiger partial charge in [0, 0.05) is 99.0 Å². The maximum atomic E-state index is 7.22. The van der Waals surface area contributed by atoms with E-state index in [1.807, 2.05) is 0 Å². The zero-order valence-electron chi connectivity index (χ0n) is 39.5. The first-order valence-electron chi connectivity index (χ1n) is 25.7. The number of aromatic nitrogens is 2. The van der Waals surface area contributed by atoms with Gasteiger partial charge in [-0.2, -0.15) is 0 Å². The maximum absolute atomic E-state index is 7.22. The number of anilines is 6. The van der Waals surface area contributed by atoms with Crippen molar-refractivity contribution in [1.29, 1.82) is 0 Å². The molecule has 6 nitrogen and oxygen atoms in total. The summed E-state index contributed by atoms with van der Waals surface area (Å²) >= 11 is 0. The molecule has 0 spiro atoms. The Kier molecular flexibility index (Phi) is 6.82.